The van der Waals surface area contributed by atoms with Crippen LogP contribution in [0.1, 0.15) is 16.2 Å². The molecule has 1 aliphatic heterocycles. The Labute approximate surface area is 114 Å². The van der Waals surface area contributed by atoms with E-state index in [0.29, 0.717) is 31.6 Å². The van der Waals surface area contributed by atoms with Gasteiger partial charge in [-0.3, -0.25) is 9.36 Å². The van der Waals surface area contributed by atoms with Gasteiger partial charge in [-0.25, -0.2) is 9.48 Å². The first-order valence-electron chi connectivity index (χ1n) is 6.35. The van der Waals surface area contributed by atoms with Gasteiger partial charge >= 0.3 is 5.69 Å². The van der Waals surface area contributed by atoms with E-state index in [1.807, 2.05) is 0 Å². The van der Waals surface area contributed by atoms with Gasteiger partial charge in [-0.2, -0.15) is 15.3 Å². The number of rotatable bonds is 1. The minimum atomic E-state index is -0.139. The standard InChI is InChI=1S/C12H14N6O2/c1-16-12(20)18-7-6-17(5-3-10(18)15-16)11(19)9-2-4-13-14-8-9/h2,4,8H,3,5-7H2,1H3. The third kappa shape index (κ3) is 2.09. The summed E-state index contributed by atoms with van der Waals surface area (Å²) in [5, 5.41) is 11.6. The van der Waals surface area contributed by atoms with Crippen molar-refractivity contribution >= 4 is 5.91 Å². The second-order valence-corrected chi connectivity index (χ2v) is 4.65. The van der Waals surface area contributed by atoms with E-state index in [1.54, 1.807) is 22.6 Å². The Bertz CT molecular complexity index is 690. The molecule has 104 valence electrons. The smallest absolute Gasteiger partial charge is 0.336 e. The minimum absolute atomic E-state index is 0.0949. The summed E-state index contributed by atoms with van der Waals surface area (Å²) in [6.07, 6.45) is 3.51. The van der Waals surface area contributed by atoms with Crippen LogP contribution in [0.5, 0.6) is 0 Å². The fourth-order valence-electron chi connectivity index (χ4n) is 2.33. The molecule has 2 aromatic rings. The zero-order chi connectivity index (χ0) is 14.1. The predicted octanol–water partition coefficient (Wildman–Crippen LogP) is -0.930. The molecule has 8 nitrogen and oxygen atoms in total. The molecule has 0 atom stereocenters. The molecular formula is C12H14N6O2. The molecule has 0 aliphatic carbocycles. The molecule has 20 heavy (non-hydrogen) atoms. The summed E-state index contributed by atoms with van der Waals surface area (Å²) in [5.41, 5.74) is 0.368. The normalized spacial score (nSPS) is 14.8. The van der Waals surface area contributed by atoms with E-state index in [1.165, 1.54) is 17.1 Å². The maximum Gasteiger partial charge on any atom is 0.345 e. The van der Waals surface area contributed by atoms with E-state index >= 15 is 0 Å². The Kier molecular flexibility index (Phi) is 3.05. The molecule has 3 heterocycles. The van der Waals surface area contributed by atoms with Gasteiger partial charge in [0.05, 0.1) is 18.0 Å². The average molecular weight is 274 g/mol. The maximum atomic E-state index is 12.3. The highest BCUT2D eigenvalue weighted by Crippen LogP contribution is 2.08. The molecule has 8 heteroatoms. The quantitative estimate of drug-likeness (QED) is 0.670. The van der Waals surface area contributed by atoms with Crippen LogP contribution in [0.15, 0.2) is 23.3 Å². The molecule has 2 aromatic heterocycles. The van der Waals surface area contributed by atoms with Crippen molar-refractivity contribution in [2.24, 2.45) is 7.05 Å². The fraction of sp³-hybridized carbons (Fsp3) is 0.417. The van der Waals surface area contributed by atoms with Crippen molar-refractivity contribution in [3.05, 3.63) is 40.3 Å². The van der Waals surface area contributed by atoms with E-state index in [9.17, 15) is 9.59 Å². The van der Waals surface area contributed by atoms with Crippen LogP contribution in [0.3, 0.4) is 0 Å². The van der Waals surface area contributed by atoms with Gasteiger partial charge in [-0.15, -0.1) is 0 Å². The van der Waals surface area contributed by atoms with Crippen LogP contribution in [-0.4, -0.2) is 48.4 Å². The molecule has 1 aliphatic rings. The number of hydrogen-bond donors (Lipinski definition) is 0. The Morgan fingerprint density at radius 2 is 2.10 bits per heavy atom. The summed E-state index contributed by atoms with van der Waals surface area (Å²) in [7, 11) is 1.63. The van der Waals surface area contributed by atoms with E-state index < -0.39 is 0 Å². The Hall–Kier alpha value is -2.51. The molecule has 0 bridgehead atoms. The van der Waals surface area contributed by atoms with Crippen LogP contribution in [0, 0.1) is 0 Å². The molecule has 0 saturated carbocycles. The van der Waals surface area contributed by atoms with Gasteiger partial charge in [-0.05, 0) is 6.07 Å². The number of aryl methyl sites for hydroxylation is 1. The fourth-order valence-corrected chi connectivity index (χ4v) is 2.33. The van der Waals surface area contributed by atoms with Gasteiger partial charge in [0.25, 0.3) is 5.91 Å². The largest absolute Gasteiger partial charge is 0.345 e. The van der Waals surface area contributed by atoms with Crippen molar-refractivity contribution < 1.29 is 4.79 Å². The highest BCUT2D eigenvalue weighted by Gasteiger charge is 2.22. The predicted molar refractivity (Wildman–Crippen MR) is 69.1 cm³/mol. The molecule has 0 aromatic carbocycles. The summed E-state index contributed by atoms with van der Waals surface area (Å²) in [6, 6.07) is 1.64. The van der Waals surface area contributed by atoms with Crippen molar-refractivity contribution in [1.29, 1.82) is 0 Å². The number of carbonyl (C=O) groups is 1. The topological polar surface area (TPSA) is 85.9 Å². The van der Waals surface area contributed by atoms with Crippen molar-refractivity contribution in [3.63, 3.8) is 0 Å². The molecular weight excluding hydrogens is 260 g/mol. The van der Waals surface area contributed by atoms with Crippen LogP contribution in [-0.2, 0) is 20.0 Å². The average Bonchev–Trinajstić information content (AvgIpc) is 2.66. The van der Waals surface area contributed by atoms with Crippen LogP contribution in [0.2, 0.25) is 0 Å². The number of fused-ring (bicyclic) bond motifs is 1. The molecule has 0 N–H and O–H groups in total. The van der Waals surface area contributed by atoms with E-state index in [-0.39, 0.29) is 11.6 Å². The molecule has 0 radical (unpaired) electrons. The summed E-state index contributed by atoms with van der Waals surface area (Å²) < 4.78 is 2.96. The number of carbonyl (C=O) groups excluding carboxylic acids is 1. The maximum absolute atomic E-state index is 12.3. The second kappa shape index (κ2) is 4.87. The van der Waals surface area contributed by atoms with Crippen LogP contribution in [0.4, 0.5) is 0 Å². The van der Waals surface area contributed by atoms with Gasteiger partial charge in [0.2, 0.25) is 0 Å². The molecule has 3 rings (SSSR count). The van der Waals surface area contributed by atoms with Gasteiger partial charge in [0, 0.05) is 33.1 Å². The summed E-state index contributed by atoms with van der Waals surface area (Å²) >= 11 is 0. The van der Waals surface area contributed by atoms with E-state index in [4.69, 9.17) is 0 Å². The van der Waals surface area contributed by atoms with Crippen LogP contribution < -0.4 is 5.69 Å². The highest BCUT2D eigenvalue weighted by molar-refractivity contribution is 5.93. The van der Waals surface area contributed by atoms with Crippen molar-refractivity contribution in [3.8, 4) is 0 Å². The lowest BCUT2D eigenvalue weighted by atomic mass is 10.2. The van der Waals surface area contributed by atoms with Gasteiger partial charge in [0.1, 0.15) is 5.82 Å². The minimum Gasteiger partial charge on any atom is -0.336 e. The third-order valence-corrected chi connectivity index (χ3v) is 3.40. The van der Waals surface area contributed by atoms with Gasteiger partial charge in [-0.1, -0.05) is 0 Å². The Balaban J connectivity index is 1.80. The number of amides is 1. The van der Waals surface area contributed by atoms with Crippen molar-refractivity contribution in [2.45, 2.75) is 13.0 Å². The molecule has 0 spiro atoms. The zero-order valence-corrected chi connectivity index (χ0v) is 11.1. The van der Waals surface area contributed by atoms with E-state index in [0.717, 1.165) is 5.82 Å². The lowest BCUT2D eigenvalue weighted by Gasteiger charge is -2.19. The van der Waals surface area contributed by atoms with Crippen molar-refractivity contribution in [2.75, 3.05) is 13.1 Å². The second-order valence-electron chi connectivity index (χ2n) is 4.65. The number of nitrogens with zero attached hydrogens (tertiary/aromatic N) is 6. The highest BCUT2D eigenvalue weighted by atomic mass is 16.2. The lowest BCUT2D eigenvalue weighted by molar-refractivity contribution is 0.0758. The molecule has 0 saturated heterocycles. The number of hydrogen-bond acceptors (Lipinski definition) is 5. The monoisotopic (exact) mass is 274 g/mol. The third-order valence-electron chi connectivity index (χ3n) is 3.40. The first-order valence-corrected chi connectivity index (χ1v) is 6.35. The van der Waals surface area contributed by atoms with Crippen LogP contribution >= 0.6 is 0 Å². The summed E-state index contributed by atoms with van der Waals surface area (Å²) in [6.45, 7) is 1.49. The first-order chi connectivity index (χ1) is 9.66. The Morgan fingerprint density at radius 3 is 2.85 bits per heavy atom. The van der Waals surface area contributed by atoms with Crippen molar-refractivity contribution in [1.82, 2.24) is 29.4 Å². The van der Waals surface area contributed by atoms with E-state index in [2.05, 4.69) is 15.3 Å². The zero-order valence-electron chi connectivity index (χ0n) is 11.1. The lowest BCUT2D eigenvalue weighted by Crippen LogP contribution is -2.35. The molecule has 0 fully saturated rings. The first kappa shape index (κ1) is 12.5. The van der Waals surface area contributed by atoms with Crippen LogP contribution in [0.25, 0.3) is 0 Å². The molecule has 0 unspecified atom stereocenters. The Morgan fingerprint density at radius 1 is 1.25 bits per heavy atom. The van der Waals surface area contributed by atoms with Gasteiger partial charge < -0.3 is 4.90 Å². The number of aromatic nitrogens is 5. The molecule has 1 amide bonds. The summed E-state index contributed by atoms with van der Waals surface area (Å²) in [5.74, 6) is 0.628. The SMILES string of the molecule is Cn1nc2n(c1=O)CCN(C(=O)c1ccnnc1)CC2. The summed E-state index contributed by atoms with van der Waals surface area (Å²) in [4.78, 5) is 25.9. The van der Waals surface area contributed by atoms with Gasteiger partial charge in [0.15, 0.2) is 0 Å².